The van der Waals surface area contributed by atoms with Crippen molar-refractivity contribution >= 4 is 27.5 Å². The molecule has 2 aromatic carbocycles. The summed E-state index contributed by atoms with van der Waals surface area (Å²) < 4.78 is 19.8. The first-order valence-corrected chi connectivity index (χ1v) is 7.22. The topological polar surface area (TPSA) is 35.2 Å². The summed E-state index contributed by atoms with van der Waals surface area (Å²) in [6.45, 7) is 0. The average molecular weight is 359 g/mol. The van der Waals surface area contributed by atoms with Gasteiger partial charge in [-0.3, -0.25) is 0 Å². The van der Waals surface area contributed by atoms with Crippen molar-refractivity contribution in [3.05, 3.63) is 62.8 Å². The monoisotopic (exact) mass is 357 g/mol. The lowest BCUT2D eigenvalue weighted by molar-refractivity contribution is 0.413. The van der Waals surface area contributed by atoms with Gasteiger partial charge in [0.05, 0.1) is 7.11 Å². The van der Waals surface area contributed by atoms with Crippen molar-refractivity contribution in [2.24, 2.45) is 5.73 Å². The van der Waals surface area contributed by atoms with Crippen LogP contribution in [-0.2, 0) is 6.42 Å². The van der Waals surface area contributed by atoms with Gasteiger partial charge in [0.1, 0.15) is 11.6 Å². The van der Waals surface area contributed by atoms with Crippen LogP contribution in [0.2, 0.25) is 5.02 Å². The zero-order valence-corrected chi connectivity index (χ0v) is 13.2. The van der Waals surface area contributed by atoms with E-state index in [1.807, 2.05) is 18.2 Å². The Morgan fingerprint density at radius 3 is 2.75 bits per heavy atom. The molecule has 106 valence electrons. The summed E-state index contributed by atoms with van der Waals surface area (Å²) in [5, 5.41) is 0.388. The highest BCUT2D eigenvalue weighted by Gasteiger charge is 2.16. The zero-order chi connectivity index (χ0) is 14.7. The summed E-state index contributed by atoms with van der Waals surface area (Å²) in [6.07, 6.45) is 0.317. The van der Waals surface area contributed by atoms with Crippen LogP contribution in [0.5, 0.6) is 5.75 Å². The third-order valence-electron chi connectivity index (χ3n) is 3.09. The number of methoxy groups -OCH3 is 1. The number of ether oxygens (including phenoxy) is 1. The third-order valence-corrected chi connectivity index (χ3v) is 4.16. The molecule has 0 fully saturated rings. The van der Waals surface area contributed by atoms with Gasteiger partial charge in [0.15, 0.2) is 0 Å². The molecule has 2 nitrogen and oxygen atoms in total. The molecule has 0 aromatic heterocycles. The molecule has 0 radical (unpaired) electrons. The lowest BCUT2D eigenvalue weighted by Gasteiger charge is -2.16. The van der Waals surface area contributed by atoms with Crippen LogP contribution in [-0.4, -0.2) is 7.11 Å². The minimum absolute atomic E-state index is 0.317. The molecule has 0 aliphatic heterocycles. The molecular formula is C15H14BrClFNO. The molecule has 2 N–H and O–H groups in total. The summed E-state index contributed by atoms with van der Waals surface area (Å²) in [5.74, 6) is 0.366. The van der Waals surface area contributed by atoms with E-state index >= 15 is 0 Å². The van der Waals surface area contributed by atoms with Crippen LogP contribution in [0.15, 0.2) is 40.9 Å². The van der Waals surface area contributed by atoms with Crippen LogP contribution in [0.1, 0.15) is 17.2 Å². The highest BCUT2D eigenvalue weighted by atomic mass is 79.9. The van der Waals surface area contributed by atoms with E-state index in [-0.39, 0.29) is 11.9 Å². The number of halogens is 3. The Balaban J connectivity index is 2.30. The predicted octanol–water partition coefficient (Wildman–Crippen LogP) is 4.49. The van der Waals surface area contributed by atoms with Gasteiger partial charge >= 0.3 is 0 Å². The fourth-order valence-corrected chi connectivity index (χ4v) is 2.77. The maximum Gasteiger partial charge on any atom is 0.127 e. The van der Waals surface area contributed by atoms with Crippen LogP contribution < -0.4 is 10.5 Å². The Labute approximate surface area is 130 Å². The number of benzene rings is 2. The molecule has 0 aliphatic carbocycles. The summed E-state index contributed by atoms with van der Waals surface area (Å²) in [5.41, 5.74) is 7.46. The Morgan fingerprint density at radius 2 is 2.10 bits per heavy atom. The van der Waals surface area contributed by atoms with E-state index in [1.54, 1.807) is 19.2 Å². The van der Waals surface area contributed by atoms with E-state index in [1.165, 1.54) is 6.07 Å². The molecular weight excluding hydrogens is 345 g/mol. The van der Waals surface area contributed by atoms with Crippen LogP contribution >= 0.6 is 27.5 Å². The van der Waals surface area contributed by atoms with Gasteiger partial charge in [0.2, 0.25) is 0 Å². The normalized spacial score (nSPS) is 12.2. The van der Waals surface area contributed by atoms with Crippen molar-refractivity contribution in [3.63, 3.8) is 0 Å². The Morgan fingerprint density at radius 1 is 1.35 bits per heavy atom. The Bertz CT molecular complexity index is 601. The number of nitrogens with two attached hydrogens (primary N) is 1. The number of rotatable bonds is 4. The first-order valence-electron chi connectivity index (χ1n) is 6.05. The van der Waals surface area contributed by atoms with Crippen molar-refractivity contribution < 1.29 is 9.13 Å². The fourth-order valence-electron chi connectivity index (χ4n) is 1.99. The minimum atomic E-state index is -0.381. The maximum atomic E-state index is 13.8. The average Bonchev–Trinajstić information content (AvgIpc) is 2.43. The van der Waals surface area contributed by atoms with Crippen LogP contribution in [0, 0.1) is 5.82 Å². The highest BCUT2D eigenvalue weighted by molar-refractivity contribution is 9.10. The van der Waals surface area contributed by atoms with Crippen molar-refractivity contribution in [1.29, 1.82) is 0 Å². The number of hydrogen-bond acceptors (Lipinski definition) is 2. The van der Waals surface area contributed by atoms with Gasteiger partial charge in [-0.25, -0.2) is 4.39 Å². The van der Waals surface area contributed by atoms with Crippen LogP contribution in [0.25, 0.3) is 0 Å². The summed E-state index contributed by atoms with van der Waals surface area (Å²) in [7, 11) is 1.59. The van der Waals surface area contributed by atoms with Crippen LogP contribution in [0.3, 0.4) is 0 Å². The van der Waals surface area contributed by atoms with E-state index in [0.717, 1.165) is 10.0 Å². The van der Waals surface area contributed by atoms with E-state index < -0.39 is 0 Å². The van der Waals surface area contributed by atoms with Crippen molar-refractivity contribution in [1.82, 2.24) is 0 Å². The molecule has 0 aliphatic rings. The Hall–Kier alpha value is -1.10. The molecule has 0 heterocycles. The van der Waals surface area contributed by atoms with Gasteiger partial charge < -0.3 is 10.5 Å². The van der Waals surface area contributed by atoms with Gasteiger partial charge in [-0.05, 0) is 42.3 Å². The molecule has 1 atom stereocenters. The van der Waals surface area contributed by atoms with Gasteiger partial charge in [-0.1, -0.05) is 33.6 Å². The standard InChI is InChI=1S/C15H14BrClFNO/c1-20-9-5-6-12(16)10(7-9)15(19)8-11-13(17)3-2-4-14(11)18/h2-7,15H,8,19H2,1H3. The van der Waals surface area contributed by atoms with Gasteiger partial charge in [-0.2, -0.15) is 0 Å². The van der Waals surface area contributed by atoms with E-state index in [9.17, 15) is 4.39 Å². The van der Waals surface area contributed by atoms with Gasteiger partial charge in [-0.15, -0.1) is 0 Å². The summed E-state index contributed by atoms with van der Waals surface area (Å²) in [4.78, 5) is 0. The first kappa shape index (κ1) is 15.3. The SMILES string of the molecule is COc1ccc(Br)c(C(N)Cc2c(F)cccc2Cl)c1. The lowest BCUT2D eigenvalue weighted by Crippen LogP contribution is -2.15. The van der Waals surface area contributed by atoms with E-state index in [0.29, 0.717) is 22.8 Å². The van der Waals surface area contributed by atoms with Gasteiger partial charge in [0, 0.05) is 21.1 Å². The van der Waals surface area contributed by atoms with Gasteiger partial charge in [0.25, 0.3) is 0 Å². The second-order valence-corrected chi connectivity index (χ2v) is 5.66. The van der Waals surface area contributed by atoms with Crippen molar-refractivity contribution in [3.8, 4) is 5.75 Å². The second kappa shape index (κ2) is 6.57. The fraction of sp³-hybridized carbons (Fsp3) is 0.200. The zero-order valence-electron chi connectivity index (χ0n) is 10.9. The molecule has 0 saturated heterocycles. The van der Waals surface area contributed by atoms with Crippen LogP contribution in [0.4, 0.5) is 4.39 Å². The molecule has 2 rings (SSSR count). The molecule has 1 unspecified atom stereocenters. The minimum Gasteiger partial charge on any atom is -0.497 e. The summed E-state index contributed by atoms with van der Waals surface area (Å²) >= 11 is 9.48. The molecule has 5 heteroatoms. The smallest absolute Gasteiger partial charge is 0.127 e. The quantitative estimate of drug-likeness (QED) is 0.874. The highest BCUT2D eigenvalue weighted by Crippen LogP contribution is 2.30. The molecule has 0 bridgehead atoms. The molecule has 0 saturated carbocycles. The first-order chi connectivity index (χ1) is 9.52. The summed E-state index contributed by atoms with van der Waals surface area (Å²) in [6, 6.07) is 9.77. The molecule has 2 aromatic rings. The predicted molar refractivity (Wildman–Crippen MR) is 82.7 cm³/mol. The largest absolute Gasteiger partial charge is 0.497 e. The van der Waals surface area contributed by atoms with Crippen molar-refractivity contribution in [2.45, 2.75) is 12.5 Å². The lowest BCUT2D eigenvalue weighted by atomic mass is 9.99. The van der Waals surface area contributed by atoms with Crippen molar-refractivity contribution in [2.75, 3.05) is 7.11 Å². The third kappa shape index (κ3) is 3.32. The number of hydrogen-bond donors (Lipinski definition) is 1. The molecule has 0 amide bonds. The van der Waals surface area contributed by atoms with E-state index in [4.69, 9.17) is 22.1 Å². The second-order valence-electron chi connectivity index (χ2n) is 4.40. The van der Waals surface area contributed by atoms with E-state index in [2.05, 4.69) is 15.9 Å². The Kier molecular flexibility index (Phi) is 5.02. The molecule has 20 heavy (non-hydrogen) atoms. The molecule has 0 spiro atoms. The maximum absolute atomic E-state index is 13.8.